The first-order chi connectivity index (χ1) is 19.9. The molecule has 2 atom stereocenters. The number of carbonyl (C=O) groups is 1. The molecule has 11 heteroatoms. The van der Waals surface area contributed by atoms with Gasteiger partial charge in [-0.3, -0.25) is 4.79 Å². The van der Waals surface area contributed by atoms with Crippen molar-refractivity contribution in [1.82, 2.24) is 14.8 Å². The molecule has 0 unspecified atom stereocenters. The molecule has 1 saturated heterocycles. The highest BCUT2D eigenvalue weighted by Gasteiger charge is 2.40. The number of hydrogen-bond acceptors (Lipinski definition) is 7. The average Bonchev–Trinajstić information content (AvgIpc) is 2.93. The summed E-state index contributed by atoms with van der Waals surface area (Å²) in [6.07, 6.45) is 1.29. The van der Waals surface area contributed by atoms with Crippen molar-refractivity contribution < 1.29 is 27.8 Å². The Kier molecular flexibility index (Phi) is 8.44. The number of benzene rings is 1. The maximum atomic E-state index is 15.1. The van der Waals surface area contributed by atoms with Crippen LogP contribution in [0.4, 0.5) is 24.7 Å². The molecule has 2 aromatic rings. The number of likely N-dealkylation sites (N-methyl/N-ethyl adjacent to an activating group) is 2. The number of carbonyl (C=O) groups excluding carboxylic acids is 1. The standard InChI is InChI=1S/C31H40F3N5O3/c1-18(22-7-6-8-23(26(22)32)29(33)34)35-30-24-15-20(31(41)11-13-39(14-12-31)19(2)40)16-38(5)27(24)28-25(36-30)10-9-21(42-28)17-37(3)4/h6-8,15,18,21,29,41H,9-14,16-17H2,1-5H3,(H,35,36)/t18-,21+/m1/s1. The first kappa shape index (κ1) is 30.2. The summed E-state index contributed by atoms with van der Waals surface area (Å²) in [4.78, 5) is 22.7. The SMILES string of the molecule is CC(=O)N1CCC(O)(C2=Cc3c(N[C@H](C)c4cccc(C(F)F)c4F)nc4c(c3N(C)C2)O[C@H](CN(C)C)CC4)CC1. The molecule has 0 radical (unpaired) electrons. The summed E-state index contributed by atoms with van der Waals surface area (Å²) in [5.41, 5.74) is 1.47. The highest BCUT2D eigenvalue weighted by molar-refractivity contribution is 5.86. The van der Waals surface area contributed by atoms with Crippen molar-refractivity contribution >= 4 is 23.5 Å². The van der Waals surface area contributed by atoms with Crippen LogP contribution in [0.25, 0.3) is 6.08 Å². The van der Waals surface area contributed by atoms with Crippen molar-refractivity contribution in [2.75, 3.05) is 57.5 Å². The first-order valence-electron chi connectivity index (χ1n) is 14.5. The van der Waals surface area contributed by atoms with Crippen LogP contribution in [0.5, 0.6) is 5.75 Å². The van der Waals surface area contributed by atoms with E-state index in [1.807, 2.05) is 32.1 Å². The second-order valence-electron chi connectivity index (χ2n) is 12.0. The predicted octanol–water partition coefficient (Wildman–Crippen LogP) is 4.79. The summed E-state index contributed by atoms with van der Waals surface area (Å²) in [6.45, 7) is 5.38. The average molecular weight is 588 g/mol. The highest BCUT2D eigenvalue weighted by atomic mass is 19.3. The van der Waals surface area contributed by atoms with E-state index in [1.165, 1.54) is 19.1 Å². The minimum atomic E-state index is -2.92. The molecule has 42 heavy (non-hydrogen) atoms. The van der Waals surface area contributed by atoms with E-state index in [0.29, 0.717) is 56.0 Å². The smallest absolute Gasteiger partial charge is 0.266 e. The normalized spacial score (nSPS) is 20.5. The summed E-state index contributed by atoms with van der Waals surface area (Å²) in [6, 6.07) is 3.35. The lowest BCUT2D eigenvalue weighted by molar-refractivity contribution is -0.132. The number of alkyl halides is 2. The van der Waals surface area contributed by atoms with Crippen molar-refractivity contribution in [3.05, 3.63) is 52.0 Å². The molecule has 2 N–H and O–H groups in total. The van der Waals surface area contributed by atoms with Gasteiger partial charge in [-0.1, -0.05) is 18.2 Å². The molecule has 0 saturated carbocycles. The molecule has 3 aliphatic heterocycles. The molecule has 0 aliphatic carbocycles. The van der Waals surface area contributed by atoms with Crippen molar-refractivity contribution in [3.63, 3.8) is 0 Å². The molecular weight excluding hydrogens is 547 g/mol. The van der Waals surface area contributed by atoms with Gasteiger partial charge in [0.05, 0.1) is 28.6 Å². The van der Waals surface area contributed by atoms with E-state index in [0.717, 1.165) is 36.0 Å². The maximum absolute atomic E-state index is 15.1. The number of aliphatic hydroxyl groups is 1. The van der Waals surface area contributed by atoms with Crippen molar-refractivity contribution in [2.45, 2.75) is 63.7 Å². The number of piperidine rings is 1. The first-order valence-corrected chi connectivity index (χ1v) is 14.5. The summed E-state index contributed by atoms with van der Waals surface area (Å²) in [5, 5.41) is 15.1. The number of hydrogen-bond donors (Lipinski definition) is 2. The van der Waals surface area contributed by atoms with Gasteiger partial charge < -0.3 is 29.9 Å². The zero-order valence-corrected chi connectivity index (χ0v) is 24.9. The zero-order chi connectivity index (χ0) is 30.3. The molecule has 1 aromatic carbocycles. The van der Waals surface area contributed by atoms with Gasteiger partial charge in [0.2, 0.25) is 5.91 Å². The molecule has 0 spiro atoms. The predicted molar refractivity (Wildman–Crippen MR) is 157 cm³/mol. The fraction of sp³-hybridized carbons (Fsp3) is 0.548. The molecule has 4 heterocycles. The molecule has 1 amide bonds. The minimum absolute atomic E-state index is 0.0128. The quantitative estimate of drug-likeness (QED) is 0.482. The Morgan fingerprint density at radius 2 is 1.95 bits per heavy atom. The van der Waals surface area contributed by atoms with Crippen LogP contribution in [0, 0.1) is 5.82 Å². The molecule has 1 fully saturated rings. The van der Waals surface area contributed by atoms with E-state index >= 15 is 4.39 Å². The van der Waals surface area contributed by atoms with Gasteiger partial charge in [0.15, 0.2) is 5.75 Å². The van der Waals surface area contributed by atoms with Gasteiger partial charge >= 0.3 is 0 Å². The number of halogens is 3. The number of aryl methyl sites for hydroxylation is 1. The Bertz CT molecular complexity index is 1370. The summed E-state index contributed by atoms with van der Waals surface area (Å²) in [7, 11) is 5.95. The fourth-order valence-electron chi connectivity index (χ4n) is 6.30. The molecule has 8 nitrogen and oxygen atoms in total. The van der Waals surface area contributed by atoms with Gasteiger partial charge in [-0.2, -0.15) is 0 Å². The Morgan fingerprint density at radius 3 is 2.60 bits per heavy atom. The number of nitrogens with one attached hydrogen (secondary N) is 1. The highest BCUT2D eigenvalue weighted by Crippen LogP contribution is 2.47. The van der Waals surface area contributed by atoms with Crippen LogP contribution in [-0.2, 0) is 11.2 Å². The van der Waals surface area contributed by atoms with E-state index in [9.17, 15) is 18.7 Å². The van der Waals surface area contributed by atoms with E-state index in [2.05, 4.69) is 10.2 Å². The number of pyridine rings is 1. The number of likely N-dealkylation sites (tertiary alicyclic amines) is 1. The number of nitrogens with zero attached hydrogens (tertiary/aromatic N) is 4. The molecule has 5 rings (SSSR count). The lowest BCUT2D eigenvalue weighted by atomic mass is 9.81. The van der Waals surface area contributed by atoms with Gasteiger partial charge in [-0.15, -0.1) is 0 Å². The van der Waals surface area contributed by atoms with Crippen LogP contribution < -0.4 is 15.0 Å². The lowest BCUT2D eigenvalue weighted by Gasteiger charge is -2.43. The Morgan fingerprint density at radius 1 is 1.26 bits per heavy atom. The number of fused-ring (bicyclic) bond motifs is 3. The second kappa shape index (κ2) is 11.8. The summed E-state index contributed by atoms with van der Waals surface area (Å²) < 4.78 is 48.5. The molecular formula is C31H40F3N5O3. The van der Waals surface area contributed by atoms with E-state index < -0.39 is 29.4 Å². The molecule has 3 aliphatic rings. The number of aromatic nitrogens is 1. The maximum Gasteiger partial charge on any atom is 0.266 e. The second-order valence-corrected chi connectivity index (χ2v) is 12.0. The van der Waals surface area contributed by atoms with Crippen molar-refractivity contribution in [3.8, 4) is 5.75 Å². The van der Waals surface area contributed by atoms with Gasteiger partial charge in [0.25, 0.3) is 6.43 Å². The van der Waals surface area contributed by atoms with Gasteiger partial charge in [0.1, 0.15) is 17.7 Å². The Hall–Kier alpha value is -3.31. The van der Waals surface area contributed by atoms with Crippen LogP contribution in [-0.4, -0.2) is 84.8 Å². The summed E-state index contributed by atoms with van der Waals surface area (Å²) >= 11 is 0. The number of anilines is 2. The van der Waals surface area contributed by atoms with Crippen molar-refractivity contribution in [1.29, 1.82) is 0 Å². The van der Waals surface area contributed by atoms with Crippen LogP contribution in [0.1, 0.15) is 68.0 Å². The van der Waals surface area contributed by atoms with Crippen LogP contribution >= 0.6 is 0 Å². The van der Waals surface area contributed by atoms with Crippen molar-refractivity contribution in [2.24, 2.45) is 0 Å². The van der Waals surface area contributed by atoms with Gasteiger partial charge in [0, 0.05) is 51.3 Å². The van der Waals surface area contributed by atoms with Gasteiger partial charge in [-0.05, 0) is 58.4 Å². The largest absolute Gasteiger partial charge is 0.485 e. The molecule has 228 valence electrons. The molecule has 0 bridgehead atoms. The van der Waals surface area contributed by atoms with E-state index in [1.54, 1.807) is 11.8 Å². The Labute approximate surface area is 245 Å². The number of ether oxygens (including phenoxy) is 1. The topological polar surface area (TPSA) is 81.2 Å². The third-order valence-corrected chi connectivity index (χ3v) is 8.65. The Balaban J connectivity index is 1.57. The van der Waals surface area contributed by atoms with Gasteiger partial charge in [-0.25, -0.2) is 18.2 Å². The fourth-order valence-corrected chi connectivity index (χ4v) is 6.30. The monoisotopic (exact) mass is 587 g/mol. The lowest BCUT2D eigenvalue weighted by Crippen LogP contribution is -2.49. The summed E-state index contributed by atoms with van der Waals surface area (Å²) in [5.74, 6) is 0.222. The van der Waals surface area contributed by atoms with E-state index in [-0.39, 0.29) is 17.6 Å². The van der Waals surface area contributed by atoms with Crippen LogP contribution in [0.2, 0.25) is 0 Å². The van der Waals surface area contributed by atoms with Crippen LogP contribution in [0.3, 0.4) is 0 Å². The molecule has 1 aromatic heterocycles. The third kappa shape index (κ3) is 5.81. The number of rotatable bonds is 7. The third-order valence-electron chi connectivity index (χ3n) is 8.65. The minimum Gasteiger partial charge on any atom is -0.485 e. The number of amides is 1. The zero-order valence-electron chi connectivity index (χ0n) is 24.9. The van der Waals surface area contributed by atoms with E-state index in [4.69, 9.17) is 9.72 Å². The van der Waals surface area contributed by atoms with Crippen LogP contribution in [0.15, 0.2) is 23.8 Å².